The van der Waals surface area contributed by atoms with Crippen molar-refractivity contribution in [3.8, 4) is 0 Å². The maximum absolute atomic E-state index is 13.2. The van der Waals surface area contributed by atoms with Crippen molar-refractivity contribution in [3.63, 3.8) is 0 Å². The van der Waals surface area contributed by atoms with Gasteiger partial charge in [0, 0.05) is 32.6 Å². The van der Waals surface area contributed by atoms with Crippen molar-refractivity contribution in [2.45, 2.75) is 32.6 Å². The van der Waals surface area contributed by atoms with Gasteiger partial charge in [0.05, 0.1) is 19.6 Å². The molecule has 0 saturated heterocycles. The van der Waals surface area contributed by atoms with E-state index in [-0.39, 0.29) is 31.5 Å². The van der Waals surface area contributed by atoms with E-state index in [1.54, 1.807) is 7.05 Å². The number of nitrogens with zero attached hydrogens (tertiary/aromatic N) is 3. The number of carbonyl (C=O) groups is 4. The van der Waals surface area contributed by atoms with Crippen LogP contribution in [0.5, 0.6) is 0 Å². The van der Waals surface area contributed by atoms with Crippen LogP contribution in [0.4, 0.5) is 0 Å². The average molecular weight is 581 g/mol. The van der Waals surface area contributed by atoms with E-state index in [4.69, 9.17) is 0 Å². The first-order chi connectivity index (χ1) is 20.4. The van der Waals surface area contributed by atoms with Crippen LogP contribution in [0.15, 0.2) is 60.7 Å². The molecule has 0 aliphatic heterocycles. The summed E-state index contributed by atoms with van der Waals surface area (Å²) in [5, 5.41) is 8.54. The summed E-state index contributed by atoms with van der Waals surface area (Å²) in [7, 11) is 1.64. The van der Waals surface area contributed by atoms with Crippen LogP contribution in [0.25, 0.3) is 0 Å². The smallest absolute Gasteiger partial charge is 0.246 e. The molecule has 0 unspecified atom stereocenters. The molecule has 0 radical (unpaired) electrons. The molecule has 0 saturated carbocycles. The Balaban J connectivity index is 1.91. The van der Waals surface area contributed by atoms with Gasteiger partial charge in [0.15, 0.2) is 0 Å². The molecule has 0 atom stereocenters. The molecule has 0 bridgehead atoms. The number of benzene rings is 2. The minimum atomic E-state index is -0.517. The number of hydrogen-bond acceptors (Lipinski definition) is 7. The Kier molecular flexibility index (Phi) is 16.7. The van der Waals surface area contributed by atoms with Crippen LogP contribution in [0.2, 0.25) is 0 Å². The third-order valence-corrected chi connectivity index (χ3v) is 7.16. The second-order valence-electron chi connectivity index (χ2n) is 10.3. The van der Waals surface area contributed by atoms with Gasteiger partial charge in [-0.15, -0.1) is 0 Å². The predicted octanol–water partition coefficient (Wildman–Crippen LogP) is 1.68. The Hall–Kier alpha value is -3.60. The summed E-state index contributed by atoms with van der Waals surface area (Å²) in [4.78, 5) is 54.0. The number of nitrogens with one attached hydrogen (secondary N) is 3. The highest BCUT2D eigenvalue weighted by Gasteiger charge is 2.19. The molecule has 0 heterocycles. The molecular formula is C32H48N6O4. The van der Waals surface area contributed by atoms with Gasteiger partial charge in [-0.1, -0.05) is 74.5 Å². The van der Waals surface area contributed by atoms with Crippen molar-refractivity contribution in [1.82, 2.24) is 30.7 Å². The van der Waals surface area contributed by atoms with E-state index in [0.717, 1.165) is 32.5 Å². The molecule has 10 heteroatoms. The van der Waals surface area contributed by atoms with Gasteiger partial charge in [-0.3, -0.25) is 24.5 Å². The first kappa shape index (κ1) is 34.6. The number of carbonyl (C=O) groups excluding carboxylic acids is 4. The zero-order chi connectivity index (χ0) is 30.6. The van der Waals surface area contributed by atoms with Gasteiger partial charge in [0.1, 0.15) is 0 Å². The zero-order valence-corrected chi connectivity index (χ0v) is 25.4. The Morgan fingerprint density at radius 1 is 0.786 bits per heavy atom. The molecule has 2 aromatic rings. The van der Waals surface area contributed by atoms with Crippen molar-refractivity contribution in [1.29, 1.82) is 0 Å². The van der Waals surface area contributed by atoms with Crippen LogP contribution in [-0.4, -0.2) is 111 Å². The molecular weight excluding hydrogens is 532 g/mol. The van der Waals surface area contributed by atoms with E-state index in [9.17, 15) is 19.2 Å². The number of hydrogen-bond donors (Lipinski definition) is 3. The first-order valence-electron chi connectivity index (χ1n) is 14.9. The summed E-state index contributed by atoms with van der Waals surface area (Å²) in [5.41, 5.74) is 2.45. The minimum Gasteiger partial charge on any atom is -0.347 e. The summed E-state index contributed by atoms with van der Waals surface area (Å²) in [6, 6.07) is 20.7. The molecule has 2 aromatic carbocycles. The monoisotopic (exact) mass is 580 g/mol. The lowest BCUT2D eigenvalue weighted by molar-refractivity contribution is -0.137. The lowest BCUT2D eigenvalue weighted by atomic mass is 9.88. The molecule has 42 heavy (non-hydrogen) atoms. The van der Waals surface area contributed by atoms with Gasteiger partial charge in [0.2, 0.25) is 24.1 Å². The van der Waals surface area contributed by atoms with Crippen LogP contribution in [-0.2, 0) is 19.2 Å². The Morgan fingerprint density at radius 2 is 1.38 bits per heavy atom. The first-order valence-corrected chi connectivity index (χ1v) is 14.9. The van der Waals surface area contributed by atoms with Gasteiger partial charge in [0.25, 0.3) is 0 Å². The number of amides is 4. The lowest BCUT2D eigenvalue weighted by Crippen LogP contribution is -2.48. The molecule has 3 N–H and O–H groups in total. The number of rotatable bonds is 21. The van der Waals surface area contributed by atoms with Gasteiger partial charge in [-0.05, 0) is 50.1 Å². The third kappa shape index (κ3) is 13.4. The van der Waals surface area contributed by atoms with E-state index in [2.05, 4.69) is 59.0 Å². The lowest BCUT2D eigenvalue weighted by Gasteiger charge is -2.25. The van der Waals surface area contributed by atoms with Crippen molar-refractivity contribution in [3.05, 3.63) is 71.8 Å². The van der Waals surface area contributed by atoms with Crippen LogP contribution in [0, 0.1) is 0 Å². The highest BCUT2D eigenvalue weighted by atomic mass is 16.2. The molecule has 230 valence electrons. The fourth-order valence-corrected chi connectivity index (χ4v) is 4.69. The minimum absolute atomic E-state index is 0.0557. The van der Waals surface area contributed by atoms with Gasteiger partial charge < -0.3 is 25.3 Å². The summed E-state index contributed by atoms with van der Waals surface area (Å²) >= 11 is 0. The normalized spacial score (nSPS) is 11.0. The van der Waals surface area contributed by atoms with Gasteiger partial charge >= 0.3 is 0 Å². The maximum atomic E-state index is 13.2. The summed E-state index contributed by atoms with van der Waals surface area (Å²) in [5.74, 6) is -0.973. The van der Waals surface area contributed by atoms with Crippen molar-refractivity contribution in [2.24, 2.45) is 0 Å². The van der Waals surface area contributed by atoms with Crippen LogP contribution in [0.3, 0.4) is 0 Å². The van der Waals surface area contributed by atoms with Gasteiger partial charge in [-0.2, -0.15) is 0 Å². The Bertz CT molecular complexity index is 1030. The van der Waals surface area contributed by atoms with E-state index in [1.807, 2.05) is 36.4 Å². The van der Waals surface area contributed by atoms with Crippen LogP contribution < -0.4 is 16.0 Å². The summed E-state index contributed by atoms with van der Waals surface area (Å²) in [6.45, 7) is 8.63. The highest BCUT2D eigenvalue weighted by molar-refractivity contribution is 5.98. The molecule has 10 nitrogen and oxygen atoms in total. The molecule has 0 aliphatic carbocycles. The molecule has 4 amide bonds. The quantitative estimate of drug-likeness (QED) is 0.152. The average Bonchev–Trinajstić information content (AvgIpc) is 3.01. The van der Waals surface area contributed by atoms with E-state index in [1.165, 1.54) is 20.9 Å². The highest BCUT2D eigenvalue weighted by Crippen LogP contribution is 2.27. The predicted molar refractivity (Wildman–Crippen MR) is 166 cm³/mol. The van der Waals surface area contributed by atoms with Crippen LogP contribution in [0.1, 0.15) is 43.7 Å². The summed E-state index contributed by atoms with van der Waals surface area (Å²) in [6.07, 6.45) is 2.25. The molecule has 0 spiro atoms. The third-order valence-electron chi connectivity index (χ3n) is 7.16. The van der Waals surface area contributed by atoms with Crippen molar-refractivity contribution in [2.75, 3.05) is 72.5 Å². The standard InChI is InChI=1S/C32H48N6O4/c1-4-37(5-2)20-12-21-38(25-31(41)35-30(40)23-34-19-22-36(3)26-39)32(42)24-33-18-17-29(27-13-8-6-9-14-27)28-15-10-7-11-16-28/h6-11,13-16,26,29,33-34H,4-5,12,17-25H2,1-3H3,(H,35,40,41). The topological polar surface area (TPSA) is 114 Å². The molecule has 0 aliphatic rings. The molecule has 0 fully saturated rings. The van der Waals surface area contributed by atoms with Crippen molar-refractivity contribution < 1.29 is 19.2 Å². The Labute approximate surface area is 250 Å². The summed E-state index contributed by atoms with van der Waals surface area (Å²) < 4.78 is 0. The number of imide groups is 1. The van der Waals surface area contributed by atoms with Crippen molar-refractivity contribution >= 4 is 24.1 Å². The fourth-order valence-electron chi connectivity index (χ4n) is 4.69. The molecule has 0 aromatic heterocycles. The van der Waals surface area contributed by atoms with E-state index >= 15 is 0 Å². The van der Waals surface area contributed by atoms with E-state index in [0.29, 0.717) is 32.6 Å². The zero-order valence-electron chi connectivity index (χ0n) is 25.4. The maximum Gasteiger partial charge on any atom is 0.246 e. The largest absolute Gasteiger partial charge is 0.347 e. The molecule has 2 rings (SSSR count). The van der Waals surface area contributed by atoms with E-state index < -0.39 is 11.8 Å². The fraction of sp³-hybridized carbons (Fsp3) is 0.500. The second kappa shape index (κ2) is 20.3. The number of likely N-dealkylation sites (N-methyl/N-ethyl adjacent to an activating group) is 1. The second-order valence-corrected chi connectivity index (χ2v) is 10.3. The Morgan fingerprint density at radius 3 is 1.95 bits per heavy atom. The van der Waals surface area contributed by atoms with Gasteiger partial charge in [-0.25, -0.2) is 0 Å². The van der Waals surface area contributed by atoms with Crippen LogP contribution >= 0.6 is 0 Å². The SMILES string of the molecule is CCN(CC)CCCN(CC(=O)NC(=O)CNCCN(C)C=O)C(=O)CNCCC(c1ccccc1)c1ccccc1.